The third-order valence-electron chi connectivity index (χ3n) is 7.08. The van der Waals surface area contributed by atoms with Crippen molar-refractivity contribution >= 4 is 44.3 Å². The molecule has 1 saturated heterocycles. The maximum absolute atomic E-state index is 15.6. The lowest BCUT2D eigenvalue weighted by atomic mass is 10.00. The number of aromatic amines is 1. The van der Waals surface area contributed by atoms with Crippen LogP contribution in [0.3, 0.4) is 0 Å². The molecule has 3 heterocycles. The number of benzene rings is 2. The monoisotopic (exact) mass is 632 g/mol. The van der Waals surface area contributed by atoms with E-state index in [1.807, 2.05) is 4.72 Å². The Hall–Kier alpha value is -4.63. The van der Waals surface area contributed by atoms with E-state index >= 15 is 4.39 Å². The molecule has 1 aliphatic heterocycles. The van der Waals surface area contributed by atoms with Crippen LogP contribution in [0.15, 0.2) is 70.9 Å². The predicted molar refractivity (Wildman–Crippen MR) is 155 cm³/mol. The van der Waals surface area contributed by atoms with Gasteiger partial charge in [-0.1, -0.05) is 0 Å². The van der Waals surface area contributed by atoms with Gasteiger partial charge in [-0.05, 0) is 68.4 Å². The molecule has 2 aromatic carbocycles. The van der Waals surface area contributed by atoms with E-state index in [0.29, 0.717) is 41.5 Å². The van der Waals surface area contributed by atoms with E-state index in [2.05, 4.69) is 20.3 Å². The maximum Gasteiger partial charge on any atom is 0.416 e. The number of ketones is 1. The third kappa shape index (κ3) is 6.33. The van der Waals surface area contributed by atoms with Crippen molar-refractivity contribution < 1.29 is 35.2 Å². The molecule has 230 valence electrons. The van der Waals surface area contributed by atoms with E-state index in [1.54, 1.807) is 12.3 Å². The number of anilines is 1. The number of hydrogen-bond donors (Lipinski definition) is 4. The van der Waals surface area contributed by atoms with Crippen molar-refractivity contribution in [1.29, 1.82) is 0 Å². The quantitative estimate of drug-likeness (QED) is 0.122. The Morgan fingerprint density at radius 2 is 1.80 bits per heavy atom. The zero-order valence-corrected chi connectivity index (χ0v) is 23.6. The Bertz CT molecular complexity index is 1880. The second kappa shape index (κ2) is 12.2. The highest BCUT2D eigenvalue weighted by Gasteiger charge is 2.31. The number of pyridine rings is 1. The van der Waals surface area contributed by atoms with Crippen LogP contribution >= 0.6 is 0 Å². The number of carbonyl (C=O) groups is 1. The number of sulfonamides is 1. The Balaban J connectivity index is 1.45. The summed E-state index contributed by atoms with van der Waals surface area (Å²) in [5.41, 5.74) is 4.00. The van der Waals surface area contributed by atoms with E-state index in [0.717, 1.165) is 32.0 Å². The van der Waals surface area contributed by atoms with E-state index in [1.165, 1.54) is 18.6 Å². The highest BCUT2D eigenvalue weighted by molar-refractivity contribution is 7.92. The van der Waals surface area contributed by atoms with E-state index < -0.39 is 55.3 Å². The van der Waals surface area contributed by atoms with E-state index in [9.17, 15) is 30.8 Å². The summed E-state index contributed by atoms with van der Waals surface area (Å²) in [6.45, 7) is 1.69. The van der Waals surface area contributed by atoms with Crippen LogP contribution in [0.4, 0.5) is 27.6 Å². The SMILES string of the molecule is NC=C(C=NC1CCNCC1)c1cnc2[nH]cc(C(=O)c3c(F)ccc(NS(=O)(=O)c4ccc(C(F)(F)F)cc4)c3F)c2c1. The number of carbonyl (C=O) groups excluding carboxylic acids is 1. The summed E-state index contributed by atoms with van der Waals surface area (Å²) in [6, 6.07) is 5.62. The summed E-state index contributed by atoms with van der Waals surface area (Å²) < 4.78 is 96.5. The molecular formula is C29H25F5N6O3S. The van der Waals surface area contributed by atoms with Crippen LogP contribution in [0.2, 0.25) is 0 Å². The topological polar surface area (TPSA) is 142 Å². The lowest BCUT2D eigenvalue weighted by Crippen LogP contribution is -2.29. The van der Waals surface area contributed by atoms with Gasteiger partial charge in [0.15, 0.2) is 5.82 Å². The predicted octanol–water partition coefficient (Wildman–Crippen LogP) is 5.01. The Morgan fingerprint density at radius 3 is 2.45 bits per heavy atom. The molecule has 5 N–H and O–H groups in total. The Labute approximate surface area is 248 Å². The molecule has 0 atom stereocenters. The first-order valence-electron chi connectivity index (χ1n) is 13.2. The number of nitrogens with one attached hydrogen (secondary N) is 3. The number of nitrogens with zero attached hydrogens (tertiary/aromatic N) is 2. The number of H-pyrrole nitrogens is 1. The summed E-state index contributed by atoms with van der Waals surface area (Å²) in [6.07, 6.45) is 2.67. The molecule has 2 aromatic heterocycles. The number of alkyl halides is 3. The lowest BCUT2D eigenvalue weighted by Gasteiger charge is -2.18. The first-order valence-corrected chi connectivity index (χ1v) is 14.7. The van der Waals surface area contributed by atoms with Crippen molar-refractivity contribution in [2.24, 2.45) is 10.7 Å². The number of nitrogens with two attached hydrogens (primary N) is 1. The van der Waals surface area contributed by atoms with Crippen molar-refractivity contribution in [2.45, 2.75) is 30.0 Å². The molecule has 0 aliphatic carbocycles. The fourth-order valence-electron chi connectivity index (χ4n) is 4.71. The van der Waals surface area contributed by atoms with Gasteiger partial charge >= 0.3 is 6.18 Å². The van der Waals surface area contributed by atoms with Crippen LogP contribution in [-0.4, -0.2) is 49.5 Å². The van der Waals surface area contributed by atoms with Crippen LogP contribution in [0, 0.1) is 11.6 Å². The van der Waals surface area contributed by atoms with Gasteiger partial charge in [0, 0.05) is 46.9 Å². The highest BCUT2D eigenvalue weighted by Crippen LogP contribution is 2.32. The number of piperidine rings is 1. The zero-order chi connectivity index (χ0) is 31.6. The highest BCUT2D eigenvalue weighted by atomic mass is 32.2. The molecule has 0 radical (unpaired) electrons. The minimum absolute atomic E-state index is 0.113. The van der Waals surface area contributed by atoms with Crippen molar-refractivity contribution in [2.75, 3.05) is 17.8 Å². The van der Waals surface area contributed by atoms with E-state index in [-0.39, 0.29) is 22.6 Å². The number of fused-ring (bicyclic) bond motifs is 1. The molecule has 0 unspecified atom stereocenters. The maximum atomic E-state index is 15.6. The number of hydrogen-bond acceptors (Lipinski definition) is 7. The smallest absolute Gasteiger partial charge is 0.404 e. The first-order chi connectivity index (χ1) is 20.9. The summed E-state index contributed by atoms with van der Waals surface area (Å²) in [5, 5.41) is 3.47. The zero-order valence-electron chi connectivity index (χ0n) is 22.8. The lowest BCUT2D eigenvalue weighted by molar-refractivity contribution is -0.137. The third-order valence-corrected chi connectivity index (χ3v) is 8.46. The van der Waals surface area contributed by atoms with Gasteiger partial charge in [-0.25, -0.2) is 22.2 Å². The largest absolute Gasteiger partial charge is 0.416 e. The summed E-state index contributed by atoms with van der Waals surface area (Å²) >= 11 is 0. The molecule has 4 aromatic rings. The minimum atomic E-state index is -4.70. The average Bonchev–Trinajstić information content (AvgIpc) is 3.42. The van der Waals surface area contributed by atoms with Crippen molar-refractivity contribution in [3.05, 3.63) is 94.9 Å². The number of aromatic nitrogens is 2. The van der Waals surface area contributed by atoms with Gasteiger partial charge in [0.2, 0.25) is 5.78 Å². The van der Waals surface area contributed by atoms with E-state index in [4.69, 9.17) is 5.73 Å². The van der Waals surface area contributed by atoms with Crippen LogP contribution < -0.4 is 15.8 Å². The molecule has 0 bridgehead atoms. The minimum Gasteiger partial charge on any atom is -0.404 e. The fourth-order valence-corrected chi connectivity index (χ4v) is 5.76. The number of rotatable bonds is 8. The standard InChI is InChI=1S/C29H25F5N6O3S/c30-23-5-6-24(40-44(42,43)20-3-1-18(2-4-20)29(32,33)34)26(31)25(23)27(41)22-15-39-28-21(22)11-16(13-38-28)17(12-35)14-37-19-7-9-36-10-8-19/h1-6,11-15,19,36,40H,7-10,35H2,(H,38,39). The van der Waals surface area contributed by atoms with Gasteiger partial charge in [-0.15, -0.1) is 0 Å². The number of halogens is 5. The molecule has 0 spiro atoms. The molecule has 1 fully saturated rings. The molecular weight excluding hydrogens is 607 g/mol. The van der Waals surface area contributed by atoms with Gasteiger partial charge in [0.1, 0.15) is 11.5 Å². The summed E-state index contributed by atoms with van der Waals surface area (Å²) in [7, 11) is -4.61. The molecule has 44 heavy (non-hydrogen) atoms. The molecule has 5 rings (SSSR count). The van der Waals surface area contributed by atoms with Gasteiger partial charge in [-0.3, -0.25) is 14.5 Å². The van der Waals surface area contributed by atoms with Gasteiger partial charge in [0.05, 0.1) is 27.8 Å². The molecule has 0 amide bonds. The second-order valence-corrected chi connectivity index (χ2v) is 11.6. The molecule has 0 saturated carbocycles. The molecule has 15 heteroatoms. The molecule has 9 nitrogen and oxygen atoms in total. The van der Waals surface area contributed by atoms with Crippen molar-refractivity contribution in [3.63, 3.8) is 0 Å². The van der Waals surface area contributed by atoms with Crippen molar-refractivity contribution in [3.8, 4) is 0 Å². The first kappa shape index (κ1) is 30.8. The normalized spacial score (nSPS) is 15.2. The fraction of sp³-hybridized carbons (Fsp3) is 0.207. The van der Waals surface area contributed by atoms with Gasteiger partial charge < -0.3 is 16.0 Å². The van der Waals surface area contributed by atoms with Crippen molar-refractivity contribution in [1.82, 2.24) is 15.3 Å². The van der Waals surface area contributed by atoms with Crippen LogP contribution in [-0.2, 0) is 16.2 Å². The second-order valence-electron chi connectivity index (χ2n) is 9.94. The van der Waals surface area contributed by atoms with Crippen LogP contribution in [0.25, 0.3) is 16.6 Å². The molecule has 1 aliphatic rings. The van der Waals surface area contributed by atoms with Gasteiger partial charge in [0.25, 0.3) is 10.0 Å². The summed E-state index contributed by atoms with van der Waals surface area (Å²) in [4.78, 5) is 24.5. The van der Waals surface area contributed by atoms with Crippen LogP contribution in [0.1, 0.15) is 39.9 Å². The van der Waals surface area contributed by atoms with Gasteiger partial charge in [-0.2, -0.15) is 13.2 Å². The Morgan fingerprint density at radius 1 is 1.09 bits per heavy atom. The summed E-state index contributed by atoms with van der Waals surface area (Å²) in [5.74, 6) is -3.89. The average molecular weight is 633 g/mol. The Kier molecular flexibility index (Phi) is 8.52. The number of allylic oxidation sites excluding steroid dienone is 1. The van der Waals surface area contributed by atoms with Crippen LogP contribution in [0.5, 0.6) is 0 Å². The number of aliphatic imine (C=N–C) groups is 1.